The van der Waals surface area contributed by atoms with Gasteiger partial charge in [-0.15, -0.1) is 5.10 Å². The lowest BCUT2D eigenvalue weighted by Gasteiger charge is -2.30. The van der Waals surface area contributed by atoms with Crippen molar-refractivity contribution in [2.75, 3.05) is 19.7 Å². The minimum atomic E-state index is -0.302. The van der Waals surface area contributed by atoms with Gasteiger partial charge < -0.3 is 10.0 Å². The van der Waals surface area contributed by atoms with Gasteiger partial charge in [-0.05, 0) is 30.9 Å². The lowest BCUT2D eigenvalue weighted by atomic mass is 9.98. The molecule has 2 aromatic heterocycles. The van der Waals surface area contributed by atoms with Gasteiger partial charge in [0.2, 0.25) is 5.91 Å². The van der Waals surface area contributed by atoms with E-state index in [0.29, 0.717) is 18.7 Å². The Bertz CT molecular complexity index is 698. The topological polar surface area (TPSA) is 79.8 Å². The number of rotatable bonds is 3. The molecule has 7 heteroatoms. The first kappa shape index (κ1) is 13.8. The van der Waals surface area contributed by atoms with Crippen LogP contribution in [0.15, 0.2) is 29.2 Å². The van der Waals surface area contributed by atoms with Crippen molar-refractivity contribution < 1.29 is 9.90 Å². The van der Waals surface area contributed by atoms with Crippen LogP contribution in [0.3, 0.4) is 0 Å². The number of hydrogen-bond donors (Lipinski definition) is 1. The van der Waals surface area contributed by atoms with E-state index in [-0.39, 0.29) is 30.7 Å². The van der Waals surface area contributed by atoms with Crippen molar-refractivity contribution in [2.45, 2.75) is 19.4 Å². The van der Waals surface area contributed by atoms with Crippen LogP contribution in [0.25, 0.3) is 5.65 Å². The van der Waals surface area contributed by atoms with E-state index in [0.717, 1.165) is 12.8 Å². The lowest BCUT2D eigenvalue weighted by Crippen LogP contribution is -2.42. The molecule has 2 aromatic rings. The number of pyridine rings is 1. The van der Waals surface area contributed by atoms with Gasteiger partial charge in [-0.1, -0.05) is 6.07 Å². The Morgan fingerprint density at radius 3 is 2.76 bits per heavy atom. The first-order chi connectivity index (χ1) is 10.2. The van der Waals surface area contributed by atoms with Crippen LogP contribution in [-0.4, -0.2) is 49.8 Å². The second-order valence-electron chi connectivity index (χ2n) is 5.38. The van der Waals surface area contributed by atoms with Crippen LogP contribution in [-0.2, 0) is 11.3 Å². The van der Waals surface area contributed by atoms with E-state index < -0.39 is 0 Å². The number of amides is 1. The van der Waals surface area contributed by atoms with Crippen LogP contribution >= 0.6 is 0 Å². The molecule has 0 unspecified atom stereocenters. The molecule has 1 aliphatic rings. The normalized spacial score (nSPS) is 16.5. The van der Waals surface area contributed by atoms with Gasteiger partial charge in [0.05, 0.1) is 0 Å². The molecule has 1 aliphatic heterocycles. The van der Waals surface area contributed by atoms with Crippen molar-refractivity contribution in [3.8, 4) is 0 Å². The van der Waals surface area contributed by atoms with Gasteiger partial charge in [-0.3, -0.25) is 9.20 Å². The fraction of sp³-hybridized carbons (Fsp3) is 0.500. The summed E-state index contributed by atoms with van der Waals surface area (Å²) in [7, 11) is 0. The van der Waals surface area contributed by atoms with Gasteiger partial charge in [0.1, 0.15) is 6.54 Å². The summed E-state index contributed by atoms with van der Waals surface area (Å²) in [5.74, 6) is 0.184. The molecule has 3 rings (SSSR count). The predicted molar refractivity (Wildman–Crippen MR) is 75.8 cm³/mol. The number of hydrogen-bond acceptors (Lipinski definition) is 4. The molecule has 0 atom stereocenters. The van der Waals surface area contributed by atoms with Gasteiger partial charge in [0, 0.05) is 25.9 Å². The lowest BCUT2D eigenvalue weighted by molar-refractivity contribution is -0.133. The van der Waals surface area contributed by atoms with Crippen molar-refractivity contribution in [2.24, 2.45) is 5.92 Å². The molecular formula is C14H18N4O3. The fourth-order valence-electron chi connectivity index (χ4n) is 2.66. The molecule has 0 aromatic carbocycles. The summed E-state index contributed by atoms with van der Waals surface area (Å²) in [4.78, 5) is 26.1. The maximum absolute atomic E-state index is 12.2. The van der Waals surface area contributed by atoms with Crippen molar-refractivity contribution in [3.63, 3.8) is 0 Å². The largest absolute Gasteiger partial charge is 0.396 e. The number of piperidine rings is 1. The number of aliphatic hydroxyl groups is 1. The molecule has 1 fully saturated rings. The van der Waals surface area contributed by atoms with Crippen LogP contribution in [0.2, 0.25) is 0 Å². The van der Waals surface area contributed by atoms with Crippen molar-refractivity contribution in [1.29, 1.82) is 0 Å². The Balaban J connectivity index is 1.72. The highest BCUT2D eigenvalue weighted by molar-refractivity contribution is 5.76. The van der Waals surface area contributed by atoms with Crippen LogP contribution < -0.4 is 5.69 Å². The van der Waals surface area contributed by atoms with E-state index in [1.807, 2.05) is 0 Å². The molecule has 0 radical (unpaired) electrons. The van der Waals surface area contributed by atoms with Crippen molar-refractivity contribution in [3.05, 3.63) is 34.9 Å². The Labute approximate surface area is 121 Å². The number of fused-ring (bicyclic) bond motifs is 1. The second kappa shape index (κ2) is 5.69. The summed E-state index contributed by atoms with van der Waals surface area (Å²) < 4.78 is 2.63. The molecule has 1 amide bonds. The third-order valence-corrected chi connectivity index (χ3v) is 4.00. The Morgan fingerprint density at radius 2 is 2.10 bits per heavy atom. The number of carbonyl (C=O) groups excluding carboxylic acids is 1. The highest BCUT2D eigenvalue weighted by Crippen LogP contribution is 2.16. The predicted octanol–water partition coefficient (Wildman–Crippen LogP) is -0.273. The molecule has 0 aliphatic carbocycles. The molecule has 7 nitrogen and oxygen atoms in total. The summed E-state index contributed by atoms with van der Waals surface area (Å²) in [5.41, 5.74) is 0.235. The Morgan fingerprint density at radius 1 is 1.33 bits per heavy atom. The van der Waals surface area contributed by atoms with E-state index in [4.69, 9.17) is 5.11 Å². The van der Waals surface area contributed by atoms with Gasteiger partial charge >= 0.3 is 5.69 Å². The van der Waals surface area contributed by atoms with Gasteiger partial charge in [0.25, 0.3) is 0 Å². The standard InChI is InChI=1S/C14H18N4O3/c19-10-11-4-7-16(8-5-11)13(20)9-18-14(21)17-6-2-1-3-12(17)15-18/h1-3,6,11,19H,4-5,7-10H2. The molecule has 3 heterocycles. The average Bonchev–Trinajstić information content (AvgIpc) is 2.84. The summed E-state index contributed by atoms with van der Waals surface area (Å²) in [6.45, 7) is 1.40. The second-order valence-corrected chi connectivity index (χ2v) is 5.38. The molecule has 0 spiro atoms. The van der Waals surface area contributed by atoms with Gasteiger partial charge in [-0.25, -0.2) is 9.48 Å². The number of nitrogens with zero attached hydrogens (tertiary/aromatic N) is 4. The minimum Gasteiger partial charge on any atom is -0.396 e. The van der Waals surface area contributed by atoms with Crippen LogP contribution in [0, 0.1) is 5.92 Å². The maximum Gasteiger partial charge on any atom is 0.350 e. The zero-order valence-electron chi connectivity index (χ0n) is 11.7. The molecule has 1 N–H and O–H groups in total. The smallest absolute Gasteiger partial charge is 0.350 e. The van der Waals surface area contributed by atoms with Crippen molar-refractivity contribution >= 4 is 11.6 Å². The fourth-order valence-corrected chi connectivity index (χ4v) is 2.66. The number of aromatic nitrogens is 3. The van der Waals surface area contributed by atoms with E-state index in [1.54, 1.807) is 29.3 Å². The van der Waals surface area contributed by atoms with E-state index in [2.05, 4.69) is 5.10 Å². The summed E-state index contributed by atoms with van der Waals surface area (Å²) in [6, 6.07) is 5.28. The summed E-state index contributed by atoms with van der Waals surface area (Å²) >= 11 is 0. The van der Waals surface area contributed by atoms with Crippen LogP contribution in [0.1, 0.15) is 12.8 Å². The number of aliphatic hydroxyl groups excluding tert-OH is 1. The number of carbonyl (C=O) groups is 1. The minimum absolute atomic E-state index is 0.0374. The van der Waals surface area contributed by atoms with E-state index in [9.17, 15) is 9.59 Å². The van der Waals surface area contributed by atoms with Crippen molar-refractivity contribution in [1.82, 2.24) is 19.1 Å². The third kappa shape index (κ3) is 2.69. The molecule has 0 bridgehead atoms. The van der Waals surface area contributed by atoms with Crippen LogP contribution in [0.5, 0.6) is 0 Å². The molecule has 112 valence electrons. The first-order valence-electron chi connectivity index (χ1n) is 7.12. The van der Waals surface area contributed by atoms with Crippen LogP contribution in [0.4, 0.5) is 0 Å². The number of likely N-dealkylation sites (tertiary alicyclic amines) is 1. The zero-order valence-corrected chi connectivity index (χ0v) is 11.7. The molecule has 1 saturated heterocycles. The monoisotopic (exact) mass is 290 g/mol. The average molecular weight is 290 g/mol. The van der Waals surface area contributed by atoms with E-state index in [1.165, 1.54) is 9.08 Å². The third-order valence-electron chi connectivity index (χ3n) is 4.00. The molecule has 0 saturated carbocycles. The first-order valence-corrected chi connectivity index (χ1v) is 7.12. The highest BCUT2D eigenvalue weighted by Gasteiger charge is 2.23. The zero-order chi connectivity index (χ0) is 14.8. The van der Waals surface area contributed by atoms with E-state index >= 15 is 0 Å². The summed E-state index contributed by atoms with van der Waals surface area (Å²) in [5, 5.41) is 13.3. The Hall–Kier alpha value is -2.15. The van der Waals surface area contributed by atoms with Gasteiger partial charge in [0.15, 0.2) is 5.65 Å². The summed E-state index contributed by atoms with van der Waals surface area (Å²) in [6.07, 6.45) is 3.25. The highest BCUT2D eigenvalue weighted by atomic mass is 16.3. The van der Waals surface area contributed by atoms with Gasteiger partial charge in [-0.2, -0.15) is 0 Å². The molecular weight excluding hydrogens is 272 g/mol. The Kier molecular flexibility index (Phi) is 3.74. The maximum atomic E-state index is 12.2. The molecule has 21 heavy (non-hydrogen) atoms. The quantitative estimate of drug-likeness (QED) is 0.843. The SMILES string of the molecule is O=C(Cn1nc2ccccn2c1=O)N1CCC(CO)CC1.